The molecule has 1 aliphatic heterocycles. The third-order valence-electron chi connectivity index (χ3n) is 0.542. The van der Waals surface area contributed by atoms with Crippen LogP contribution < -0.4 is 0 Å². The van der Waals surface area contributed by atoms with Crippen LogP contribution in [0.3, 0.4) is 0 Å². The standard InChI is InChI=1S/C4H4N4/c1-3-6-8-7-4-2-5-1/h1-4H. The molecule has 0 spiro atoms. The maximum absolute atomic E-state index is 3.72. The SMILES string of the molecule is C1=CN=NN=CC=N1. The summed E-state index contributed by atoms with van der Waals surface area (Å²) in [5.41, 5.74) is 0. The highest BCUT2D eigenvalue weighted by Gasteiger charge is 1.68. The quantitative estimate of drug-likeness (QED) is 0.444. The van der Waals surface area contributed by atoms with Crippen molar-refractivity contribution in [1.82, 2.24) is 0 Å². The van der Waals surface area contributed by atoms with Gasteiger partial charge in [0.2, 0.25) is 0 Å². The summed E-state index contributed by atoms with van der Waals surface area (Å²) in [6.07, 6.45) is 6.00. The first kappa shape index (κ1) is 4.83. The summed E-state index contributed by atoms with van der Waals surface area (Å²) in [7, 11) is 0. The van der Waals surface area contributed by atoms with Gasteiger partial charge in [-0.1, -0.05) is 0 Å². The molecule has 1 rings (SSSR count). The van der Waals surface area contributed by atoms with Crippen LogP contribution in [0.5, 0.6) is 0 Å². The zero-order chi connectivity index (χ0) is 5.66. The fourth-order valence-electron chi connectivity index (χ4n) is 0.276. The Morgan fingerprint density at radius 1 is 1.00 bits per heavy atom. The summed E-state index contributed by atoms with van der Waals surface area (Å²) >= 11 is 0. The summed E-state index contributed by atoms with van der Waals surface area (Å²) in [5, 5.41) is 10.3. The van der Waals surface area contributed by atoms with Crippen molar-refractivity contribution >= 4 is 12.4 Å². The van der Waals surface area contributed by atoms with Crippen LogP contribution in [0.15, 0.2) is 32.8 Å². The van der Waals surface area contributed by atoms with Gasteiger partial charge < -0.3 is 0 Å². The maximum Gasteiger partial charge on any atom is 0.0696 e. The predicted octanol–water partition coefficient (Wildman–Crippen LogP) is 0.980. The molecule has 0 fully saturated rings. The zero-order valence-corrected chi connectivity index (χ0v) is 4.10. The van der Waals surface area contributed by atoms with E-state index in [2.05, 4.69) is 20.4 Å². The number of aliphatic imine (C=N–C) groups is 1. The third-order valence-corrected chi connectivity index (χ3v) is 0.542. The van der Waals surface area contributed by atoms with E-state index < -0.39 is 0 Å². The molecule has 1 heterocycles. The van der Waals surface area contributed by atoms with Gasteiger partial charge in [0.15, 0.2) is 0 Å². The van der Waals surface area contributed by atoms with Crippen molar-refractivity contribution < 1.29 is 0 Å². The van der Waals surface area contributed by atoms with Crippen LogP contribution in [0.4, 0.5) is 0 Å². The van der Waals surface area contributed by atoms with Crippen molar-refractivity contribution in [2.75, 3.05) is 0 Å². The van der Waals surface area contributed by atoms with Crippen LogP contribution in [0.2, 0.25) is 0 Å². The molecule has 0 saturated heterocycles. The van der Waals surface area contributed by atoms with Gasteiger partial charge in [-0.25, -0.2) is 0 Å². The number of rotatable bonds is 0. The van der Waals surface area contributed by atoms with Crippen molar-refractivity contribution in [3.05, 3.63) is 12.4 Å². The van der Waals surface area contributed by atoms with Crippen molar-refractivity contribution in [3.63, 3.8) is 0 Å². The van der Waals surface area contributed by atoms with Gasteiger partial charge in [-0.15, -0.1) is 10.2 Å². The molecule has 0 unspecified atom stereocenters. The summed E-state index contributed by atoms with van der Waals surface area (Å²) in [6, 6.07) is 0. The van der Waals surface area contributed by atoms with Gasteiger partial charge in [-0.3, -0.25) is 4.99 Å². The second-order valence-electron chi connectivity index (χ2n) is 1.07. The minimum absolute atomic E-state index is 1.47. The number of nitrogens with zero attached hydrogens (tertiary/aromatic N) is 4. The topological polar surface area (TPSA) is 49.4 Å². The van der Waals surface area contributed by atoms with Gasteiger partial charge >= 0.3 is 0 Å². The van der Waals surface area contributed by atoms with Crippen LogP contribution in [0.25, 0.3) is 0 Å². The Hall–Kier alpha value is -1.32. The normalized spacial score (nSPS) is 16.0. The summed E-state index contributed by atoms with van der Waals surface area (Å²) < 4.78 is 0. The Balaban J connectivity index is 2.67. The number of hydrogen-bond donors (Lipinski definition) is 0. The molecule has 0 amide bonds. The van der Waals surface area contributed by atoms with Crippen LogP contribution in [0, 0.1) is 0 Å². The fraction of sp³-hybridized carbons (Fsp3) is 0. The van der Waals surface area contributed by atoms with Crippen LogP contribution in [0.1, 0.15) is 0 Å². The van der Waals surface area contributed by atoms with E-state index in [4.69, 9.17) is 0 Å². The largest absolute Gasteiger partial charge is 0.261 e. The molecule has 4 heteroatoms. The molecule has 1 aliphatic rings. The van der Waals surface area contributed by atoms with Gasteiger partial charge in [0, 0.05) is 12.4 Å². The molecule has 0 aromatic rings. The molecule has 8 heavy (non-hydrogen) atoms. The molecule has 40 valence electrons. The fourth-order valence-corrected chi connectivity index (χ4v) is 0.276. The molecule has 0 saturated carbocycles. The average Bonchev–Trinajstić information content (AvgIpc) is 1.62. The lowest BCUT2D eigenvalue weighted by molar-refractivity contribution is 1.06. The van der Waals surface area contributed by atoms with Gasteiger partial charge in [-0.2, -0.15) is 0 Å². The molecular formula is C4H4N4. The lowest BCUT2D eigenvalue weighted by atomic mass is 10.8. The van der Waals surface area contributed by atoms with Crippen molar-refractivity contribution in [2.24, 2.45) is 20.4 Å². The minimum atomic E-state index is 1.47. The molecule has 0 aliphatic carbocycles. The molecule has 0 N–H and O–H groups in total. The lowest BCUT2D eigenvalue weighted by Gasteiger charge is -1.76. The highest BCUT2D eigenvalue weighted by molar-refractivity contribution is 6.16. The van der Waals surface area contributed by atoms with E-state index in [1.54, 1.807) is 0 Å². The predicted molar refractivity (Wildman–Crippen MR) is 31.0 cm³/mol. The molecule has 0 aromatic carbocycles. The van der Waals surface area contributed by atoms with Crippen molar-refractivity contribution in [1.29, 1.82) is 0 Å². The molecule has 0 atom stereocenters. The Labute approximate surface area is 46.3 Å². The minimum Gasteiger partial charge on any atom is -0.261 e. The first-order valence-corrected chi connectivity index (χ1v) is 2.10. The average molecular weight is 108 g/mol. The smallest absolute Gasteiger partial charge is 0.0696 e. The Kier molecular flexibility index (Phi) is 1.68. The monoisotopic (exact) mass is 108 g/mol. The molecule has 4 nitrogen and oxygen atoms in total. The first-order chi connectivity index (χ1) is 4.00. The van der Waals surface area contributed by atoms with Crippen LogP contribution in [-0.4, -0.2) is 12.4 Å². The van der Waals surface area contributed by atoms with E-state index in [0.29, 0.717) is 0 Å². The first-order valence-electron chi connectivity index (χ1n) is 2.10. The van der Waals surface area contributed by atoms with Crippen molar-refractivity contribution in [3.8, 4) is 0 Å². The van der Waals surface area contributed by atoms with E-state index in [9.17, 15) is 0 Å². The van der Waals surface area contributed by atoms with E-state index in [1.165, 1.54) is 24.8 Å². The highest BCUT2D eigenvalue weighted by Crippen LogP contribution is 1.81. The third kappa shape index (κ3) is 1.42. The zero-order valence-electron chi connectivity index (χ0n) is 4.10. The second kappa shape index (κ2) is 2.79. The van der Waals surface area contributed by atoms with Gasteiger partial charge in [-0.05, 0) is 5.22 Å². The summed E-state index contributed by atoms with van der Waals surface area (Å²) in [5.74, 6) is 0. The van der Waals surface area contributed by atoms with Gasteiger partial charge in [0.25, 0.3) is 0 Å². The molecule has 0 radical (unpaired) electrons. The molecule has 0 aromatic heterocycles. The van der Waals surface area contributed by atoms with E-state index in [0.717, 1.165) is 0 Å². The summed E-state index contributed by atoms with van der Waals surface area (Å²) in [4.78, 5) is 3.72. The van der Waals surface area contributed by atoms with E-state index in [1.807, 2.05) is 0 Å². The van der Waals surface area contributed by atoms with Crippen LogP contribution >= 0.6 is 0 Å². The Morgan fingerprint density at radius 2 is 2.00 bits per heavy atom. The molecule has 0 bridgehead atoms. The van der Waals surface area contributed by atoms with E-state index in [-0.39, 0.29) is 0 Å². The van der Waals surface area contributed by atoms with E-state index >= 15 is 0 Å². The lowest BCUT2D eigenvalue weighted by Crippen LogP contribution is -1.72. The van der Waals surface area contributed by atoms with Crippen molar-refractivity contribution in [2.45, 2.75) is 0 Å². The highest BCUT2D eigenvalue weighted by atomic mass is 15.4. The van der Waals surface area contributed by atoms with Crippen LogP contribution in [-0.2, 0) is 0 Å². The van der Waals surface area contributed by atoms with Gasteiger partial charge in [0.1, 0.15) is 0 Å². The van der Waals surface area contributed by atoms with Gasteiger partial charge in [0.05, 0.1) is 12.4 Å². The number of hydrogen-bond acceptors (Lipinski definition) is 4. The Bertz CT molecular complexity index is 109. The summed E-state index contributed by atoms with van der Waals surface area (Å²) in [6.45, 7) is 0. The molecular weight excluding hydrogens is 104 g/mol. The Morgan fingerprint density at radius 3 is 3.00 bits per heavy atom. The second-order valence-corrected chi connectivity index (χ2v) is 1.07. The maximum atomic E-state index is 3.72.